The summed E-state index contributed by atoms with van der Waals surface area (Å²) in [5, 5.41) is 43.1. The van der Waals surface area contributed by atoms with E-state index in [1.807, 2.05) is 0 Å². The zero-order chi connectivity index (χ0) is 12.6. The van der Waals surface area contributed by atoms with E-state index in [9.17, 15) is 24.6 Å². The van der Waals surface area contributed by atoms with Crippen LogP contribution in [-0.2, 0) is 14.4 Å². The fraction of sp³-hybridized carbons (Fsp3) is 0.571. The summed E-state index contributed by atoms with van der Waals surface area (Å²) in [5.74, 6) is -4.61. The minimum atomic E-state index is -1.96. The molecule has 0 radical (unpaired) electrons. The van der Waals surface area contributed by atoms with Gasteiger partial charge in [-0.3, -0.25) is 0 Å². The second-order valence-electron chi connectivity index (χ2n) is 2.43. The number of hydrogen-bond donors (Lipinski definition) is 3. The van der Waals surface area contributed by atoms with Crippen LogP contribution in [0.15, 0.2) is 0 Å². The van der Waals surface area contributed by atoms with Gasteiger partial charge >= 0.3 is 109 Å². The van der Waals surface area contributed by atoms with Gasteiger partial charge in [0.2, 0.25) is 0 Å². The van der Waals surface area contributed by atoms with Gasteiger partial charge < -0.3 is 35.1 Å². The summed E-state index contributed by atoms with van der Waals surface area (Å²) in [6, 6.07) is 0. The molecule has 0 rings (SSSR count). The first-order chi connectivity index (χ1) is 6.68. The Labute approximate surface area is 182 Å². The Balaban J connectivity index is -0.0000000945. The zero-order valence-corrected chi connectivity index (χ0v) is 16.0. The molecule has 2 atom stereocenters. The SMILES string of the molecule is CC(O)C(=O)O.O=C([O-])CC(O)C(=O)[O-].[K+].[K+]. The van der Waals surface area contributed by atoms with E-state index in [2.05, 4.69) is 0 Å². The third kappa shape index (κ3) is 23.2. The largest absolute Gasteiger partial charge is 1.00 e. The molecule has 0 amide bonds. The molecule has 17 heavy (non-hydrogen) atoms. The molecule has 0 aromatic rings. The van der Waals surface area contributed by atoms with Crippen LogP contribution in [0, 0.1) is 0 Å². The average Bonchev–Trinajstić information content (AvgIpc) is 2.03. The Morgan fingerprint density at radius 3 is 1.47 bits per heavy atom. The summed E-state index contributed by atoms with van der Waals surface area (Å²) in [6.45, 7) is 1.20. The van der Waals surface area contributed by atoms with Crippen LogP contribution < -0.4 is 113 Å². The molecule has 0 bridgehead atoms. The number of carboxylic acid groups (broad SMARTS) is 3. The van der Waals surface area contributed by atoms with Crippen molar-refractivity contribution in [3.63, 3.8) is 0 Å². The van der Waals surface area contributed by atoms with Crippen molar-refractivity contribution in [2.24, 2.45) is 0 Å². The first kappa shape index (κ1) is 27.0. The maximum absolute atomic E-state index is 9.58. The van der Waals surface area contributed by atoms with E-state index in [1.54, 1.807) is 0 Å². The summed E-state index contributed by atoms with van der Waals surface area (Å²) in [4.78, 5) is 28.6. The number of aliphatic hydroxyl groups excluding tert-OH is 2. The molecule has 3 N–H and O–H groups in total. The molecule has 0 aliphatic heterocycles. The third-order valence-corrected chi connectivity index (χ3v) is 0.989. The molecule has 0 saturated heterocycles. The van der Waals surface area contributed by atoms with Crippen LogP contribution in [0.3, 0.4) is 0 Å². The van der Waals surface area contributed by atoms with Crippen molar-refractivity contribution in [1.29, 1.82) is 0 Å². The second-order valence-corrected chi connectivity index (χ2v) is 2.43. The Morgan fingerprint density at radius 2 is 1.41 bits per heavy atom. The summed E-state index contributed by atoms with van der Waals surface area (Å²) in [7, 11) is 0. The standard InChI is InChI=1S/C4H6O5.C3H6O3.2K/c5-2(4(8)9)1-3(6)7;1-2(4)3(5)6;;/h2,5H,1H2,(H,6,7)(H,8,9);2,4H,1H3,(H,5,6);;/q;;2*+1/p-2. The minimum absolute atomic E-state index is 0. The van der Waals surface area contributed by atoms with E-state index in [-0.39, 0.29) is 103 Å². The van der Waals surface area contributed by atoms with E-state index >= 15 is 0 Å². The first-order valence-corrected chi connectivity index (χ1v) is 3.68. The first-order valence-electron chi connectivity index (χ1n) is 3.68. The van der Waals surface area contributed by atoms with Gasteiger partial charge in [-0.15, -0.1) is 0 Å². The number of rotatable bonds is 4. The number of carbonyl (C=O) groups excluding carboxylic acids is 2. The van der Waals surface area contributed by atoms with Crippen LogP contribution >= 0.6 is 0 Å². The van der Waals surface area contributed by atoms with Gasteiger partial charge in [0.1, 0.15) is 6.10 Å². The Kier molecular flexibility index (Phi) is 24.9. The average molecular weight is 300 g/mol. The van der Waals surface area contributed by atoms with Gasteiger partial charge in [-0.1, -0.05) is 0 Å². The van der Waals surface area contributed by atoms with Crippen molar-refractivity contribution in [2.75, 3.05) is 0 Å². The van der Waals surface area contributed by atoms with E-state index in [4.69, 9.17) is 15.3 Å². The molecule has 0 spiro atoms. The summed E-state index contributed by atoms with van der Waals surface area (Å²) < 4.78 is 0. The minimum Gasteiger partial charge on any atom is -0.550 e. The number of hydrogen-bond acceptors (Lipinski definition) is 7. The van der Waals surface area contributed by atoms with E-state index in [1.165, 1.54) is 6.92 Å². The fourth-order valence-corrected chi connectivity index (χ4v) is 0.241. The van der Waals surface area contributed by atoms with Gasteiger partial charge in [-0.2, -0.15) is 0 Å². The number of carbonyl (C=O) groups is 3. The van der Waals surface area contributed by atoms with Crippen molar-refractivity contribution >= 4 is 17.9 Å². The Morgan fingerprint density at radius 1 is 1.12 bits per heavy atom. The molecular weight excluding hydrogens is 290 g/mol. The monoisotopic (exact) mass is 300 g/mol. The predicted molar refractivity (Wildman–Crippen MR) is 40.0 cm³/mol. The zero-order valence-electron chi connectivity index (χ0n) is 9.74. The van der Waals surface area contributed by atoms with E-state index < -0.39 is 36.5 Å². The van der Waals surface area contributed by atoms with Crippen molar-refractivity contribution in [3.8, 4) is 0 Å². The van der Waals surface area contributed by atoms with Gasteiger partial charge in [0.15, 0.2) is 0 Å². The number of aliphatic carboxylic acids is 3. The smallest absolute Gasteiger partial charge is 0.550 e. The van der Waals surface area contributed by atoms with Crippen LogP contribution in [0.2, 0.25) is 0 Å². The van der Waals surface area contributed by atoms with Gasteiger partial charge in [-0.25, -0.2) is 4.79 Å². The molecule has 0 fully saturated rings. The molecule has 0 saturated carbocycles. The van der Waals surface area contributed by atoms with Crippen LogP contribution in [0.1, 0.15) is 13.3 Å². The summed E-state index contributed by atoms with van der Waals surface area (Å²) in [6.07, 6.45) is -4.12. The molecule has 10 heteroatoms. The molecular formula is C7H10K2O8. The summed E-state index contributed by atoms with van der Waals surface area (Å²) >= 11 is 0. The van der Waals surface area contributed by atoms with Crippen molar-refractivity contribution in [3.05, 3.63) is 0 Å². The normalized spacial score (nSPS) is 11.5. The molecule has 0 aromatic carbocycles. The second kappa shape index (κ2) is 15.7. The number of aliphatic hydroxyl groups is 2. The molecule has 0 aliphatic rings. The molecule has 88 valence electrons. The van der Waals surface area contributed by atoms with Crippen LogP contribution in [0.25, 0.3) is 0 Å². The molecule has 0 heterocycles. The van der Waals surface area contributed by atoms with Gasteiger partial charge in [0, 0.05) is 12.4 Å². The Hall–Kier alpha value is 1.60. The third-order valence-electron chi connectivity index (χ3n) is 0.989. The predicted octanol–water partition coefficient (Wildman–Crippen LogP) is -10.3. The van der Waals surface area contributed by atoms with Gasteiger partial charge in [0.05, 0.1) is 12.1 Å². The van der Waals surface area contributed by atoms with Gasteiger partial charge in [0.25, 0.3) is 0 Å². The Bertz CT molecular complexity index is 242. The van der Waals surface area contributed by atoms with Crippen LogP contribution in [0.4, 0.5) is 0 Å². The van der Waals surface area contributed by atoms with Crippen LogP contribution in [-0.4, -0.2) is 45.4 Å². The van der Waals surface area contributed by atoms with Crippen LogP contribution in [0.5, 0.6) is 0 Å². The number of carboxylic acids is 3. The molecule has 2 unspecified atom stereocenters. The van der Waals surface area contributed by atoms with Crippen molar-refractivity contribution < 1.29 is 143 Å². The summed E-state index contributed by atoms with van der Waals surface area (Å²) in [5.41, 5.74) is 0. The molecule has 0 aliphatic carbocycles. The van der Waals surface area contributed by atoms with Crippen molar-refractivity contribution in [1.82, 2.24) is 0 Å². The molecule has 0 aromatic heterocycles. The quantitative estimate of drug-likeness (QED) is 0.432. The fourth-order valence-electron chi connectivity index (χ4n) is 0.241. The van der Waals surface area contributed by atoms with Crippen molar-refractivity contribution in [2.45, 2.75) is 25.6 Å². The topological polar surface area (TPSA) is 158 Å². The molecule has 8 nitrogen and oxygen atoms in total. The van der Waals surface area contributed by atoms with E-state index in [0.29, 0.717) is 0 Å². The maximum atomic E-state index is 9.58. The maximum Gasteiger partial charge on any atom is 1.00 e. The van der Waals surface area contributed by atoms with Gasteiger partial charge in [-0.05, 0) is 6.92 Å². The van der Waals surface area contributed by atoms with E-state index in [0.717, 1.165) is 0 Å².